The maximum atomic E-state index is 3.00. The molecule has 0 aromatic carbocycles. The zero-order valence-corrected chi connectivity index (χ0v) is 12.6. The Morgan fingerprint density at radius 2 is 1.67 bits per heavy atom. The van der Waals surface area contributed by atoms with Crippen LogP contribution in [0.25, 0.3) is 0 Å². The molecule has 0 bridgehead atoms. The van der Waals surface area contributed by atoms with Crippen molar-refractivity contribution in [1.29, 1.82) is 0 Å². The van der Waals surface area contributed by atoms with Crippen LogP contribution in [0.2, 0.25) is 0 Å². The highest BCUT2D eigenvalue weighted by molar-refractivity contribution is 7.33. The highest BCUT2D eigenvalue weighted by atomic mass is 31.0. The topological polar surface area (TPSA) is 0 Å². The standard InChI is InChI=1S/CH13PSi4/c2-1(5-3)6-4/h1H,2,5-6H2,3-4H3. The summed E-state index contributed by atoms with van der Waals surface area (Å²) in [5.41, 5.74) is 0. The molecule has 0 aromatic rings. The maximum Gasteiger partial charge on any atom is 0.00831 e. The van der Waals surface area contributed by atoms with Crippen LogP contribution in [0.1, 0.15) is 0 Å². The summed E-state index contributed by atoms with van der Waals surface area (Å²) in [5, 5.41) is 0. The zero-order chi connectivity index (χ0) is 4.99. The third-order valence-corrected chi connectivity index (χ3v) is 28.3. The molecule has 0 nitrogen and oxygen atoms in total. The third kappa shape index (κ3) is 3.49. The Balaban J connectivity index is 2.75. The molecule has 0 amide bonds. The molecule has 5 heteroatoms. The molecule has 0 saturated heterocycles. The van der Waals surface area contributed by atoms with Gasteiger partial charge in [0.25, 0.3) is 0 Å². The molecule has 1 unspecified atom stereocenters. The fraction of sp³-hybridized carbons (Fsp3) is 1.00. The smallest absolute Gasteiger partial charge is 0.00831 e. The average molecular weight is 168 g/mol. The van der Waals surface area contributed by atoms with Crippen LogP contribution in [0, 0.1) is 0 Å². The minimum Gasteiger partial charge on any atom is -0.142 e. The minimum absolute atomic E-state index is 0.537. The normalized spacial score (nSPS) is 19.5. The van der Waals surface area contributed by atoms with E-state index in [1.165, 1.54) is 4.91 Å². The van der Waals surface area contributed by atoms with Crippen molar-refractivity contribution >= 4 is 46.8 Å². The summed E-state index contributed by atoms with van der Waals surface area (Å²) in [7, 11) is 7.19. The molecule has 0 rings (SSSR count). The Labute approximate surface area is 52.1 Å². The molecule has 6 heavy (non-hydrogen) atoms. The summed E-state index contributed by atoms with van der Waals surface area (Å²) < 4.78 is 0. The Morgan fingerprint density at radius 1 is 1.33 bits per heavy atom. The molecule has 0 aromatic heterocycles. The van der Waals surface area contributed by atoms with Crippen LogP contribution < -0.4 is 0 Å². The zero-order valence-electron chi connectivity index (χ0n) is 4.57. The Hall–Kier alpha value is 1.30. The minimum atomic E-state index is 0.537. The molecule has 0 saturated carbocycles. The first-order valence-corrected chi connectivity index (χ1v) is 16.2. The summed E-state index contributed by atoms with van der Waals surface area (Å²) in [6, 6.07) is 0. The van der Waals surface area contributed by atoms with Crippen molar-refractivity contribution < 1.29 is 0 Å². The van der Waals surface area contributed by atoms with Crippen molar-refractivity contribution in [2.24, 2.45) is 0 Å². The molecule has 0 aliphatic heterocycles. The second-order valence-corrected chi connectivity index (χ2v) is 14.2. The molecule has 0 heterocycles. The number of hydrogen-bond acceptors (Lipinski definition) is 0. The van der Waals surface area contributed by atoms with E-state index >= 15 is 0 Å². The Kier molecular flexibility index (Phi) is 5.42. The fourth-order valence-electron chi connectivity index (χ4n) is 0.289. The van der Waals surface area contributed by atoms with Gasteiger partial charge in [0.2, 0.25) is 0 Å². The van der Waals surface area contributed by atoms with Crippen molar-refractivity contribution in [3.63, 3.8) is 0 Å². The lowest BCUT2D eigenvalue weighted by Crippen LogP contribution is -2.17. The third-order valence-electron chi connectivity index (χ3n) is 1.05. The second kappa shape index (κ2) is 4.46. The average Bonchev–Trinajstić information content (AvgIpc) is 1.65. The van der Waals surface area contributed by atoms with Crippen LogP contribution in [-0.2, 0) is 0 Å². The van der Waals surface area contributed by atoms with Gasteiger partial charge in [0.05, 0.1) is 0 Å². The Bertz CT molecular complexity index is 26.7. The fourth-order valence-corrected chi connectivity index (χ4v) is 23.4. The Morgan fingerprint density at radius 3 is 1.67 bits per heavy atom. The predicted molar refractivity (Wildman–Crippen MR) is 50.5 cm³/mol. The first-order chi connectivity index (χ1) is 2.81. The van der Waals surface area contributed by atoms with Crippen LogP contribution in [0.3, 0.4) is 0 Å². The van der Waals surface area contributed by atoms with Crippen LogP contribution in [-0.4, -0.2) is 42.5 Å². The molecule has 0 N–H and O–H groups in total. The SMILES string of the molecule is [SiH3][SiH2]C(P)[SiH2][SiH3]. The van der Waals surface area contributed by atoms with Crippen molar-refractivity contribution in [3.8, 4) is 0 Å². The van der Waals surface area contributed by atoms with Gasteiger partial charge in [-0.3, -0.25) is 0 Å². The van der Waals surface area contributed by atoms with Crippen LogP contribution in [0.4, 0.5) is 0 Å². The van der Waals surface area contributed by atoms with Gasteiger partial charge < -0.3 is 0 Å². The molecule has 1 atom stereocenters. The monoisotopic (exact) mass is 168 g/mol. The predicted octanol–water partition coefficient (Wildman–Crippen LogP) is -3.96. The summed E-state index contributed by atoms with van der Waals surface area (Å²) >= 11 is 0. The van der Waals surface area contributed by atoms with Crippen molar-refractivity contribution in [3.05, 3.63) is 0 Å². The van der Waals surface area contributed by atoms with Crippen molar-refractivity contribution in [2.75, 3.05) is 0 Å². The van der Waals surface area contributed by atoms with Crippen molar-refractivity contribution in [2.45, 2.75) is 4.91 Å². The van der Waals surface area contributed by atoms with Gasteiger partial charge in [0, 0.05) is 18.1 Å². The van der Waals surface area contributed by atoms with Crippen LogP contribution >= 0.6 is 9.24 Å². The molecular weight excluding hydrogens is 155 g/mol. The lowest BCUT2D eigenvalue weighted by Gasteiger charge is -1.97. The summed E-state index contributed by atoms with van der Waals surface area (Å²) in [5.74, 6) is 0. The van der Waals surface area contributed by atoms with E-state index in [-0.39, 0.29) is 0 Å². The van der Waals surface area contributed by atoms with E-state index in [4.69, 9.17) is 0 Å². The van der Waals surface area contributed by atoms with E-state index in [0.29, 0.717) is 18.1 Å². The first-order valence-electron chi connectivity index (χ1n) is 2.56. The molecule has 0 fully saturated rings. The van der Waals surface area contributed by atoms with E-state index in [9.17, 15) is 0 Å². The second-order valence-electron chi connectivity index (χ2n) is 1.58. The molecule has 0 aliphatic rings. The van der Waals surface area contributed by atoms with Crippen molar-refractivity contribution in [1.82, 2.24) is 0 Å². The number of hydrogen-bond donors (Lipinski definition) is 0. The van der Waals surface area contributed by atoms with E-state index in [1.54, 1.807) is 19.5 Å². The van der Waals surface area contributed by atoms with Gasteiger partial charge in [-0.2, -0.15) is 0 Å². The van der Waals surface area contributed by atoms with Gasteiger partial charge in [-0.15, -0.1) is 9.24 Å². The van der Waals surface area contributed by atoms with E-state index < -0.39 is 0 Å². The van der Waals surface area contributed by atoms with Gasteiger partial charge in [-0.05, 0) is 19.5 Å². The lowest BCUT2D eigenvalue weighted by atomic mass is 11.8. The molecular formula is CH13PSi4. The van der Waals surface area contributed by atoms with E-state index in [2.05, 4.69) is 9.24 Å². The summed E-state index contributed by atoms with van der Waals surface area (Å²) in [4.78, 5) is 1.25. The van der Waals surface area contributed by atoms with Gasteiger partial charge >= 0.3 is 0 Å². The maximum absolute atomic E-state index is 3.00. The van der Waals surface area contributed by atoms with Gasteiger partial charge in [-0.25, -0.2) is 0 Å². The molecule has 0 spiro atoms. The van der Waals surface area contributed by atoms with Crippen LogP contribution in [0.15, 0.2) is 0 Å². The van der Waals surface area contributed by atoms with Crippen LogP contribution in [0.5, 0.6) is 0 Å². The number of rotatable bonds is 2. The highest BCUT2D eigenvalue weighted by Gasteiger charge is 1.90. The van der Waals surface area contributed by atoms with Gasteiger partial charge in [-0.1, -0.05) is 4.91 Å². The van der Waals surface area contributed by atoms with Gasteiger partial charge in [0.15, 0.2) is 0 Å². The largest absolute Gasteiger partial charge is 0.142 e. The quantitative estimate of drug-likeness (QED) is 0.292. The summed E-state index contributed by atoms with van der Waals surface area (Å²) in [6.45, 7) is 0. The molecule has 38 valence electrons. The lowest BCUT2D eigenvalue weighted by molar-refractivity contribution is 1.96. The molecule has 0 radical (unpaired) electrons. The van der Waals surface area contributed by atoms with Gasteiger partial charge in [0.1, 0.15) is 0 Å². The summed E-state index contributed by atoms with van der Waals surface area (Å²) in [6.07, 6.45) is 0. The molecule has 0 aliphatic carbocycles. The van der Waals surface area contributed by atoms with E-state index in [0.717, 1.165) is 0 Å². The highest BCUT2D eigenvalue weighted by Crippen LogP contribution is 1.88. The first kappa shape index (κ1) is 7.30. The van der Waals surface area contributed by atoms with E-state index in [1.807, 2.05) is 0 Å².